The summed E-state index contributed by atoms with van der Waals surface area (Å²) in [5.74, 6) is 4.60. The second kappa shape index (κ2) is 5.60. The number of fused-ring (bicyclic) bond motifs is 5. The quantitative estimate of drug-likeness (QED) is 0.578. The first-order chi connectivity index (χ1) is 11.0. The molecule has 4 rings (SSSR count). The van der Waals surface area contributed by atoms with Crippen molar-refractivity contribution < 1.29 is 4.79 Å². The lowest BCUT2D eigenvalue weighted by Crippen LogP contribution is -2.55. The van der Waals surface area contributed by atoms with Gasteiger partial charge in [0.2, 0.25) is 0 Å². The van der Waals surface area contributed by atoms with Crippen LogP contribution in [0.25, 0.3) is 0 Å². The molecule has 4 aliphatic carbocycles. The zero-order chi connectivity index (χ0) is 16.2. The molecule has 4 saturated carbocycles. The van der Waals surface area contributed by atoms with Gasteiger partial charge in [0.1, 0.15) is 5.78 Å². The van der Waals surface area contributed by atoms with Crippen molar-refractivity contribution in [3.63, 3.8) is 0 Å². The van der Waals surface area contributed by atoms with E-state index in [-0.39, 0.29) is 0 Å². The Hall–Kier alpha value is -0.330. The maximum absolute atomic E-state index is 12.3. The molecule has 23 heavy (non-hydrogen) atoms. The largest absolute Gasteiger partial charge is 0.300 e. The maximum Gasteiger partial charge on any atom is 0.133 e. The predicted octanol–water partition coefficient (Wildman–Crippen LogP) is 6.01. The monoisotopic (exact) mass is 316 g/mol. The van der Waals surface area contributed by atoms with E-state index in [4.69, 9.17) is 0 Å². The van der Waals surface area contributed by atoms with Crippen molar-refractivity contribution in [2.24, 2.45) is 40.4 Å². The van der Waals surface area contributed by atoms with Crippen molar-refractivity contribution in [1.29, 1.82) is 0 Å². The van der Waals surface area contributed by atoms with Crippen LogP contribution in [-0.4, -0.2) is 5.78 Å². The van der Waals surface area contributed by atoms with Gasteiger partial charge in [-0.1, -0.05) is 33.1 Å². The second-order valence-electron chi connectivity index (χ2n) is 10.1. The lowest BCUT2D eigenvalue weighted by Gasteiger charge is -2.62. The van der Waals surface area contributed by atoms with E-state index in [9.17, 15) is 4.79 Å². The Morgan fingerprint density at radius 1 is 0.783 bits per heavy atom. The topological polar surface area (TPSA) is 17.1 Å². The highest BCUT2D eigenvalue weighted by molar-refractivity contribution is 5.79. The molecular formula is C22H36O. The summed E-state index contributed by atoms with van der Waals surface area (Å²) in [5.41, 5.74) is 0.982. The number of ketones is 1. The van der Waals surface area contributed by atoms with Gasteiger partial charge < -0.3 is 0 Å². The predicted molar refractivity (Wildman–Crippen MR) is 95.1 cm³/mol. The van der Waals surface area contributed by atoms with E-state index in [0.717, 1.165) is 23.7 Å². The number of hydrogen-bond donors (Lipinski definition) is 0. The van der Waals surface area contributed by atoms with Crippen LogP contribution in [0.4, 0.5) is 0 Å². The van der Waals surface area contributed by atoms with E-state index in [1.807, 2.05) is 6.92 Å². The summed E-state index contributed by atoms with van der Waals surface area (Å²) in [6.45, 7) is 6.97. The van der Waals surface area contributed by atoms with Gasteiger partial charge in [-0.25, -0.2) is 0 Å². The van der Waals surface area contributed by atoms with E-state index in [1.54, 1.807) is 0 Å². The highest BCUT2D eigenvalue weighted by Gasteiger charge is 2.57. The lowest BCUT2D eigenvalue weighted by atomic mass is 9.43. The Kier molecular flexibility index (Phi) is 3.93. The van der Waals surface area contributed by atoms with Crippen molar-refractivity contribution in [2.75, 3.05) is 0 Å². The Morgan fingerprint density at radius 2 is 1.48 bits per heavy atom. The smallest absolute Gasteiger partial charge is 0.133 e. The third kappa shape index (κ3) is 2.35. The molecule has 0 saturated heterocycles. The molecular weight excluding hydrogens is 280 g/mol. The first-order valence-corrected chi connectivity index (χ1v) is 10.5. The molecule has 0 radical (unpaired) electrons. The molecule has 0 aromatic carbocycles. The summed E-state index contributed by atoms with van der Waals surface area (Å²) in [4.78, 5) is 12.3. The molecule has 0 spiro atoms. The van der Waals surface area contributed by atoms with Gasteiger partial charge in [-0.3, -0.25) is 4.79 Å². The van der Waals surface area contributed by atoms with Crippen LogP contribution in [0.2, 0.25) is 0 Å². The Bertz CT molecular complexity index is 482. The summed E-state index contributed by atoms with van der Waals surface area (Å²) in [5, 5.41) is 0. The average Bonchev–Trinajstić information content (AvgIpc) is 2.52. The molecule has 0 heterocycles. The molecule has 1 heteroatoms. The average molecular weight is 317 g/mol. The third-order valence-corrected chi connectivity index (χ3v) is 9.20. The molecule has 7 unspecified atom stereocenters. The first-order valence-electron chi connectivity index (χ1n) is 10.5. The van der Waals surface area contributed by atoms with Gasteiger partial charge in [-0.15, -0.1) is 0 Å². The minimum atomic E-state index is 0.327. The summed E-state index contributed by atoms with van der Waals surface area (Å²) in [7, 11) is 0. The fraction of sp³-hybridized carbons (Fsp3) is 0.955. The van der Waals surface area contributed by atoms with Crippen molar-refractivity contribution in [3.8, 4) is 0 Å². The fourth-order valence-corrected chi connectivity index (χ4v) is 8.06. The van der Waals surface area contributed by atoms with Crippen LogP contribution in [0.15, 0.2) is 0 Å². The molecule has 130 valence electrons. The Balaban J connectivity index is 1.62. The van der Waals surface area contributed by atoms with Crippen LogP contribution in [0, 0.1) is 40.4 Å². The van der Waals surface area contributed by atoms with Crippen LogP contribution < -0.4 is 0 Å². The van der Waals surface area contributed by atoms with Crippen molar-refractivity contribution in [3.05, 3.63) is 0 Å². The van der Waals surface area contributed by atoms with Crippen LogP contribution in [0.1, 0.15) is 91.4 Å². The van der Waals surface area contributed by atoms with Crippen LogP contribution >= 0.6 is 0 Å². The van der Waals surface area contributed by atoms with E-state index in [1.165, 1.54) is 70.6 Å². The first kappa shape index (κ1) is 16.2. The Morgan fingerprint density at radius 3 is 2.26 bits per heavy atom. The molecule has 0 aliphatic heterocycles. The van der Waals surface area contributed by atoms with Gasteiger partial charge in [0.25, 0.3) is 0 Å². The van der Waals surface area contributed by atoms with Crippen molar-refractivity contribution in [2.45, 2.75) is 91.4 Å². The number of hydrogen-bond acceptors (Lipinski definition) is 1. The van der Waals surface area contributed by atoms with E-state index < -0.39 is 0 Å². The van der Waals surface area contributed by atoms with E-state index >= 15 is 0 Å². The maximum atomic E-state index is 12.3. The summed E-state index contributed by atoms with van der Waals surface area (Å²) in [6, 6.07) is 0. The summed E-state index contributed by atoms with van der Waals surface area (Å²) < 4.78 is 0. The molecule has 4 aliphatic rings. The van der Waals surface area contributed by atoms with Crippen molar-refractivity contribution >= 4 is 5.78 Å². The zero-order valence-electron chi connectivity index (χ0n) is 15.6. The van der Waals surface area contributed by atoms with Gasteiger partial charge in [0.15, 0.2) is 0 Å². The summed E-state index contributed by atoms with van der Waals surface area (Å²) in [6.07, 6.45) is 15.5. The Labute approximate surface area is 143 Å². The minimum absolute atomic E-state index is 0.327. The van der Waals surface area contributed by atoms with Crippen LogP contribution in [0.5, 0.6) is 0 Å². The standard InChI is InChI=1S/C22H36O/c1-15(23)18-8-6-9-20-17-10-13-21(2)12-5-4-7-19(21)16(17)11-14-22(18,20)3/h16-20H,4-14H2,1-3H3. The normalized spacial score (nSPS) is 52.9. The van der Waals surface area contributed by atoms with E-state index in [0.29, 0.717) is 22.5 Å². The molecule has 0 amide bonds. The highest BCUT2D eigenvalue weighted by atomic mass is 16.1. The molecule has 7 atom stereocenters. The number of Topliss-reactive ketones (excluding diaryl/α,β-unsaturated/α-hetero) is 1. The van der Waals surface area contributed by atoms with Gasteiger partial charge in [-0.2, -0.15) is 0 Å². The van der Waals surface area contributed by atoms with E-state index in [2.05, 4.69) is 13.8 Å². The van der Waals surface area contributed by atoms with Gasteiger partial charge in [-0.05, 0) is 92.8 Å². The van der Waals surface area contributed by atoms with Gasteiger partial charge >= 0.3 is 0 Å². The lowest BCUT2D eigenvalue weighted by molar-refractivity contribution is -0.147. The molecule has 1 nitrogen and oxygen atoms in total. The molecule has 0 N–H and O–H groups in total. The number of carbonyl (C=O) groups excluding carboxylic acids is 1. The van der Waals surface area contributed by atoms with Gasteiger partial charge in [0, 0.05) is 5.92 Å². The third-order valence-electron chi connectivity index (χ3n) is 9.20. The van der Waals surface area contributed by atoms with Crippen LogP contribution in [0.3, 0.4) is 0 Å². The zero-order valence-corrected chi connectivity index (χ0v) is 15.6. The molecule has 0 bridgehead atoms. The van der Waals surface area contributed by atoms with Crippen LogP contribution in [-0.2, 0) is 4.79 Å². The summed E-state index contributed by atoms with van der Waals surface area (Å²) >= 11 is 0. The fourth-order valence-electron chi connectivity index (χ4n) is 8.06. The minimum Gasteiger partial charge on any atom is -0.300 e. The number of rotatable bonds is 1. The number of carbonyl (C=O) groups is 1. The SMILES string of the molecule is CC(=O)C1CCCC2C3CCC4(C)CCCCC4C3CCC12C. The molecule has 0 aromatic rings. The highest BCUT2D eigenvalue weighted by Crippen LogP contribution is 2.65. The van der Waals surface area contributed by atoms with Crippen molar-refractivity contribution in [1.82, 2.24) is 0 Å². The molecule has 4 fully saturated rings. The molecule has 0 aromatic heterocycles. The second-order valence-corrected chi connectivity index (χ2v) is 10.1. The van der Waals surface area contributed by atoms with Gasteiger partial charge in [0.05, 0.1) is 0 Å².